The van der Waals surface area contributed by atoms with Crippen LogP contribution in [0, 0.1) is 18.8 Å². The van der Waals surface area contributed by atoms with E-state index in [1.165, 1.54) is 12.7 Å². The first kappa shape index (κ1) is 16.2. The maximum absolute atomic E-state index is 13.0. The fourth-order valence-corrected chi connectivity index (χ4v) is 4.14. The molecular weight excluding hydrogens is 290 g/mol. The van der Waals surface area contributed by atoms with E-state index in [2.05, 4.69) is 5.32 Å². The molecule has 2 aliphatic rings. The molecule has 2 fully saturated rings. The molecule has 3 rings (SSSR count). The Kier molecular flexibility index (Phi) is 4.53. The van der Waals surface area contributed by atoms with Gasteiger partial charge in [0.2, 0.25) is 0 Å². The van der Waals surface area contributed by atoms with Crippen LogP contribution in [0.3, 0.4) is 0 Å². The Morgan fingerprint density at radius 3 is 2.70 bits per heavy atom. The van der Waals surface area contributed by atoms with Gasteiger partial charge in [-0.2, -0.15) is 0 Å². The number of rotatable bonds is 4. The van der Waals surface area contributed by atoms with Crippen molar-refractivity contribution in [1.82, 2.24) is 5.32 Å². The Bertz CT molecular complexity index is 587. The van der Waals surface area contributed by atoms with Gasteiger partial charge in [-0.3, -0.25) is 9.59 Å². The smallest absolute Gasteiger partial charge is 0.309 e. The first-order valence-electron chi connectivity index (χ1n) is 8.48. The molecule has 1 aromatic rings. The summed E-state index contributed by atoms with van der Waals surface area (Å²) in [5.74, 6) is -0.650. The van der Waals surface area contributed by atoms with E-state index in [0.29, 0.717) is 6.42 Å². The molecule has 124 valence electrons. The Balaban J connectivity index is 1.81. The summed E-state index contributed by atoms with van der Waals surface area (Å²) in [7, 11) is 1.41. The average Bonchev–Trinajstić information content (AvgIpc) is 3.16. The number of carbonyl (C=O) groups is 2. The Hall–Kier alpha value is -1.68. The molecule has 23 heavy (non-hydrogen) atoms. The molecule has 1 N–H and O–H groups in total. The molecular formula is C19H25NO3. The maximum atomic E-state index is 13.0. The summed E-state index contributed by atoms with van der Waals surface area (Å²) in [6.07, 6.45) is 4.13. The highest BCUT2D eigenvalue weighted by atomic mass is 16.5. The first-order chi connectivity index (χ1) is 11.1. The van der Waals surface area contributed by atoms with Crippen LogP contribution in [-0.2, 0) is 20.7 Å². The van der Waals surface area contributed by atoms with E-state index < -0.39 is 0 Å². The lowest BCUT2D eigenvalue weighted by Gasteiger charge is -2.25. The highest BCUT2D eigenvalue weighted by molar-refractivity contribution is 5.96. The first-order valence-corrected chi connectivity index (χ1v) is 8.48. The van der Waals surface area contributed by atoms with E-state index in [0.717, 1.165) is 37.8 Å². The second-order valence-corrected chi connectivity index (χ2v) is 6.94. The van der Waals surface area contributed by atoms with Gasteiger partial charge in [-0.1, -0.05) is 29.8 Å². The van der Waals surface area contributed by atoms with Crippen LogP contribution in [0.1, 0.15) is 36.8 Å². The molecule has 3 atom stereocenters. The van der Waals surface area contributed by atoms with E-state index >= 15 is 0 Å². The SMILES string of the molecule is COC(=O)[C@H](Cc1ccc(C)cc1)C1CC[C@]2(CCCN2)C1=O. The summed E-state index contributed by atoms with van der Waals surface area (Å²) in [6.45, 7) is 2.94. The van der Waals surface area contributed by atoms with Gasteiger partial charge in [0.05, 0.1) is 18.6 Å². The van der Waals surface area contributed by atoms with Gasteiger partial charge in [-0.25, -0.2) is 0 Å². The fraction of sp³-hybridized carbons (Fsp3) is 0.579. The zero-order valence-electron chi connectivity index (χ0n) is 13.9. The molecule has 0 amide bonds. The van der Waals surface area contributed by atoms with Crippen molar-refractivity contribution < 1.29 is 14.3 Å². The number of ether oxygens (including phenoxy) is 1. The zero-order chi connectivity index (χ0) is 16.4. The molecule has 1 unspecified atom stereocenters. The Labute approximate surface area is 137 Å². The number of aryl methyl sites for hydroxylation is 1. The lowest BCUT2D eigenvalue weighted by molar-refractivity contribution is -0.149. The van der Waals surface area contributed by atoms with Crippen molar-refractivity contribution in [1.29, 1.82) is 0 Å². The third-order valence-corrected chi connectivity index (χ3v) is 5.50. The number of Topliss-reactive ketones (excluding diaryl/α,β-unsaturated/α-hetero) is 1. The molecule has 0 aromatic heterocycles. The number of hydrogen-bond acceptors (Lipinski definition) is 4. The van der Waals surface area contributed by atoms with Gasteiger partial charge in [-0.15, -0.1) is 0 Å². The summed E-state index contributed by atoms with van der Waals surface area (Å²) in [6, 6.07) is 8.16. The van der Waals surface area contributed by atoms with Crippen LogP contribution in [0.4, 0.5) is 0 Å². The molecule has 1 aromatic carbocycles. The maximum Gasteiger partial charge on any atom is 0.309 e. The van der Waals surface area contributed by atoms with Crippen molar-refractivity contribution >= 4 is 11.8 Å². The van der Waals surface area contributed by atoms with E-state index in [4.69, 9.17) is 4.74 Å². The minimum atomic E-state index is -0.378. The van der Waals surface area contributed by atoms with Gasteiger partial charge >= 0.3 is 5.97 Å². The van der Waals surface area contributed by atoms with Gasteiger partial charge in [0.15, 0.2) is 5.78 Å². The number of esters is 1. The van der Waals surface area contributed by atoms with Gasteiger partial charge < -0.3 is 10.1 Å². The van der Waals surface area contributed by atoms with Crippen LogP contribution in [0.25, 0.3) is 0 Å². The highest BCUT2D eigenvalue weighted by Crippen LogP contribution is 2.41. The topological polar surface area (TPSA) is 55.4 Å². The predicted octanol–water partition coefficient (Wildman–Crippen LogP) is 2.43. The van der Waals surface area contributed by atoms with Gasteiger partial charge in [-0.05, 0) is 51.1 Å². The predicted molar refractivity (Wildman–Crippen MR) is 88.1 cm³/mol. The molecule has 1 aliphatic carbocycles. The molecule has 4 heteroatoms. The molecule has 0 bridgehead atoms. The standard InChI is InChI=1S/C19H25NO3/c1-13-4-6-14(7-5-13)12-16(18(22)23-2)15-8-10-19(17(15)21)9-3-11-20-19/h4-7,15-16,20H,3,8-12H2,1-2H3/t15?,16-,19-/m1/s1. The number of nitrogens with one attached hydrogen (secondary N) is 1. The second-order valence-electron chi connectivity index (χ2n) is 6.94. The number of ketones is 1. The van der Waals surface area contributed by atoms with Gasteiger partial charge in [0.1, 0.15) is 0 Å². The van der Waals surface area contributed by atoms with Gasteiger partial charge in [0, 0.05) is 5.92 Å². The third-order valence-electron chi connectivity index (χ3n) is 5.50. The molecule has 1 spiro atoms. The van der Waals surface area contributed by atoms with Crippen molar-refractivity contribution in [2.24, 2.45) is 11.8 Å². The summed E-state index contributed by atoms with van der Waals surface area (Å²) >= 11 is 0. The van der Waals surface area contributed by atoms with Crippen LogP contribution in [0.2, 0.25) is 0 Å². The van der Waals surface area contributed by atoms with Crippen LogP contribution in [0.5, 0.6) is 0 Å². The van der Waals surface area contributed by atoms with Crippen molar-refractivity contribution in [3.63, 3.8) is 0 Å². The number of carbonyl (C=O) groups excluding carboxylic acids is 2. The quantitative estimate of drug-likeness (QED) is 0.867. The number of benzene rings is 1. The Morgan fingerprint density at radius 1 is 1.35 bits per heavy atom. The number of hydrogen-bond donors (Lipinski definition) is 1. The fourth-order valence-electron chi connectivity index (χ4n) is 4.14. The lowest BCUT2D eigenvalue weighted by Crippen LogP contribution is -2.46. The zero-order valence-corrected chi connectivity index (χ0v) is 13.9. The second kappa shape index (κ2) is 6.44. The van der Waals surface area contributed by atoms with Crippen LogP contribution >= 0.6 is 0 Å². The largest absolute Gasteiger partial charge is 0.469 e. The van der Waals surface area contributed by atoms with Crippen molar-refractivity contribution in [3.05, 3.63) is 35.4 Å². The van der Waals surface area contributed by atoms with E-state index in [9.17, 15) is 9.59 Å². The van der Waals surface area contributed by atoms with Crippen molar-refractivity contribution in [3.8, 4) is 0 Å². The molecule has 1 saturated carbocycles. The summed E-state index contributed by atoms with van der Waals surface area (Å²) in [4.78, 5) is 25.3. The average molecular weight is 315 g/mol. The minimum Gasteiger partial charge on any atom is -0.469 e. The molecule has 1 aliphatic heterocycles. The Morgan fingerprint density at radius 2 is 2.09 bits per heavy atom. The highest BCUT2D eigenvalue weighted by Gasteiger charge is 2.52. The number of methoxy groups -OCH3 is 1. The van der Waals surface area contributed by atoms with Crippen LogP contribution < -0.4 is 5.32 Å². The van der Waals surface area contributed by atoms with Crippen molar-refractivity contribution in [2.75, 3.05) is 13.7 Å². The third kappa shape index (κ3) is 3.05. The van der Waals surface area contributed by atoms with E-state index in [-0.39, 0.29) is 29.1 Å². The van der Waals surface area contributed by atoms with Gasteiger partial charge in [0.25, 0.3) is 0 Å². The molecule has 0 radical (unpaired) electrons. The summed E-state index contributed by atoms with van der Waals surface area (Å²) < 4.78 is 5.01. The van der Waals surface area contributed by atoms with E-state index in [1.54, 1.807) is 0 Å². The van der Waals surface area contributed by atoms with Crippen LogP contribution in [0.15, 0.2) is 24.3 Å². The lowest BCUT2D eigenvalue weighted by atomic mass is 9.82. The molecule has 1 heterocycles. The van der Waals surface area contributed by atoms with Crippen molar-refractivity contribution in [2.45, 2.75) is 44.6 Å². The summed E-state index contributed by atoms with van der Waals surface area (Å²) in [5.41, 5.74) is 1.90. The molecule has 4 nitrogen and oxygen atoms in total. The molecule has 1 saturated heterocycles. The summed E-state index contributed by atoms with van der Waals surface area (Å²) in [5, 5.41) is 3.39. The van der Waals surface area contributed by atoms with Crippen LogP contribution in [-0.4, -0.2) is 30.9 Å². The van der Waals surface area contributed by atoms with E-state index in [1.807, 2.05) is 31.2 Å². The minimum absolute atomic E-state index is 0.220. The monoisotopic (exact) mass is 315 g/mol. The normalized spacial score (nSPS) is 28.3.